The lowest BCUT2D eigenvalue weighted by atomic mass is 10.0. The third kappa shape index (κ3) is 4.52. The molecule has 3 rings (SSSR count). The molecule has 7 heteroatoms. The second kappa shape index (κ2) is 7.06. The van der Waals surface area contributed by atoms with Gasteiger partial charge in [-0.2, -0.15) is 13.2 Å². The zero-order valence-corrected chi connectivity index (χ0v) is 14.2. The minimum Gasteiger partial charge on any atom is -0.371 e. The van der Waals surface area contributed by atoms with E-state index in [0.29, 0.717) is 30.2 Å². The van der Waals surface area contributed by atoms with Crippen LogP contribution in [0.25, 0.3) is 11.1 Å². The average molecular weight is 369 g/mol. The molecule has 0 radical (unpaired) electrons. The van der Waals surface area contributed by atoms with E-state index >= 15 is 0 Å². The predicted octanol–water partition coefficient (Wildman–Crippen LogP) is 5.25. The van der Waals surface area contributed by atoms with E-state index in [2.05, 4.69) is 10.3 Å². The van der Waals surface area contributed by atoms with Crippen LogP contribution in [-0.2, 0) is 10.9 Å². The number of halogens is 4. The molecule has 0 bridgehead atoms. The lowest BCUT2D eigenvalue weighted by Gasteiger charge is -2.19. The summed E-state index contributed by atoms with van der Waals surface area (Å²) in [7, 11) is 0. The highest BCUT2D eigenvalue weighted by Gasteiger charge is 2.31. The van der Waals surface area contributed by atoms with Crippen LogP contribution in [0.4, 0.5) is 18.9 Å². The van der Waals surface area contributed by atoms with Crippen LogP contribution < -0.4 is 5.32 Å². The number of benzene rings is 2. The number of anilines is 1. The summed E-state index contributed by atoms with van der Waals surface area (Å²) in [5, 5.41) is 3.19. The minimum absolute atomic E-state index is 0.0436. The fourth-order valence-electron chi connectivity index (χ4n) is 2.60. The van der Waals surface area contributed by atoms with Crippen molar-refractivity contribution in [2.24, 2.45) is 4.99 Å². The molecule has 1 aliphatic rings. The predicted molar refractivity (Wildman–Crippen MR) is 93.2 cm³/mol. The van der Waals surface area contributed by atoms with Crippen molar-refractivity contribution < 1.29 is 17.9 Å². The van der Waals surface area contributed by atoms with Crippen LogP contribution in [-0.4, -0.2) is 25.1 Å². The minimum atomic E-state index is -4.44. The van der Waals surface area contributed by atoms with Gasteiger partial charge in [-0.3, -0.25) is 4.99 Å². The van der Waals surface area contributed by atoms with E-state index in [4.69, 9.17) is 16.3 Å². The molecule has 1 aliphatic heterocycles. The highest BCUT2D eigenvalue weighted by Crippen LogP contribution is 2.35. The van der Waals surface area contributed by atoms with E-state index in [1.807, 2.05) is 13.0 Å². The fraction of sp³-hybridized carbons (Fsp3) is 0.278. The van der Waals surface area contributed by atoms with Gasteiger partial charge in [0.15, 0.2) is 0 Å². The normalized spacial score (nSPS) is 18.0. The SMILES string of the molecule is CC1COCC(Nc2cccc(-c3cc(Cl)cc(C(F)(F)F)c3)c2)=N1. The molecule has 1 heterocycles. The van der Waals surface area contributed by atoms with Crippen molar-refractivity contribution >= 4 is 23.1 Å². The largest absolute Gasteiger partial charge is 0.416 e. The maximum Gasteiger partial charge on any atom is 0.416 e. The van der Waals surface area contributed by atoms with Crippen molar-refractivity contribution in [3.8, 4) is 11.1 Å². The molecule has 2 aromatic rings. The molecule has 2 aromatic carbocycles. The lowest BCUT2D eigenvalue weighted by molar-refractivity contribution is -0.137. The van der Waals surface area contributed by atoms with Crippen LogP contribution in [0.15, 0.2) is 47.5 Å². The molecule has 1 atom stereocenters. The lowest BCUT2D eigenvalue weighted by Crippen LogP contribution is -2.28. The van der Waals surface area contributed by atoms with E-state index < -0.39 is 11.7 Å². The number of rotatable bonds is 2. The molecule has 0 spiro atoms. The average Bonchev–Trinajstić information content (AvgIpc) is 2.54. The number of alkyl halides is 3. The first kappa shape index (κ1) is 17.8. The highest BCUT2D eigenvalue weighted by molar-refractivity contribution is 6.31. The first-order chi connectivity index (χ1) is 11.8. The summed E-state index contributed by atoms with van der Waals surface area (Å²) >= 11 is 5.87. The Kier molecular flexibility index (Phi) is 5.01. The molecular weight excluding hydrogens is 353 g/mol. The van der Waals surface area contributed by atoms with Gasteiger partial charge in [-0.05, 0) is 48.4 Å². The molecule has 0 saturated carbocycles. The summed E-state index contributed by atoms with van der Waals surface area (Å²) in [6, 6.07) is 10.7. The molecule has 1 N–H and O–H groups in total. The van der Waals surface area contributed by atoms with Gasteiger partial charge in [0, 0.05) is 10.7 Å². The Hall–Kier alpha value is -2.05. The molecule has 0 aromatic heterocycles. The number of hydrogen-bond acceptors (Lipinski definition) is 3. The van der Waals surface area contributed by atoms with Crippen molar-refractivity contribution in [1.82, 2.24) is 0 Å². The number of nitrogens with one attached hydrogen (secondary N) is 1. The Balaban J connectivity index is 1.90. The topological polar surface area (TPSA) is 33.6 Å². The fourth-order valence-corrected chi connectivity index (χ4v) is 2.83. The number of nitrogens with zero attached hydrogens (tertiary/aromatic N) is 1. The smallest absolute Gasteiger partial charge is 0.371 e. The van der Waals surface area contributed by atoms with Gasteiger partial charge in [0.1, 0.15) is 12.4 Å². The number of hydrogen-bond donors (Lipinski definition) is 1. The van der Waals surface area contributed by atoms with E-state index in [1.165, 1.54) is 6.07 Å². The van der Waals surface area contributed by atoms with Crippen molar-refractivity contribution in [3.05, 3.63) is 53.1 Å². The monoisotopic (exact) mass is 368 g/mol. The molecule has 0 saturated heterocycles. The number of aliphatic imine (C=N–C) groups is 1. The van der Waals surface area contributed by atoms with Gasteiger partial charge in [-0.25, -0.2) is 0 Å². The van der Waals surface area contributed by atoms with E-state index in [-0.39, 0.29) is 11.1 Å². The molecule has 3 nitrogen and oxygen atoms in total. The first-order valence-electron chi connectivity index (χ1n) is 7.71. The molecular formula is C18H16ClF3N2O. The maximum atomic E-state index is 13.0. The third-order valence-corrected chi connectivity index (χ3v) is 3.90. The zero-order valence-electron chi connectivity index (χ0n) is 13.4. The molecule has 1 unspecified atom stereocenters. The first-order valence-corrected chi connectivity index (χ1v) is 8.09. The summed E-state index contributed by atoms with van der Waals surface area (Å²) in [6.45, 7) is 2.90. The Morgan fingerprint density at radius 3 is 2.68 bits per heavy atom. The van der Waals surface area contributed by atoms with Gasteiger partial charge in [0.2, 0.25) is 0 Å². The molecule has 0 aliphatic carbocycles. The summed E-state index contributed by atoms with van der Waals surface area (Å²) in [4.78, 5) is 4.45. The Morgan fingerprint density at radius 1 is 1.16 bits per heavy atom. The standard InChI is InChI=1S/C18H16ClF3N2O/c1-11-9-25-10-17(23-11)24-16-4-2-3-12(7-16)13-5-14(18(20,21)22)8-15(19)6-13/h2-8,11H,9-10H2,1H3,(H,23,24). The van der Waals surface area contributed by atoms with Crippen molar-refractivity contribution in [3.63, 3.8) is 0 Å². The summed E-state index contributed by atoms with van der Waals surface area (Å²) in [5.74, 6) is 0.693. The van der Waals surface area contributed by atoms with E-state index in [9.17, 15) is 13.2 Å². The Labute approximate surface area is 148 Å². The summed E-state index contributed by atoms with van der Waals surface area (Å²) < 4.78 is 44.4. The Morgan fingerprint density at radius 2 is 1.96 bits per heavy atom. The maximum absolute atomic E-state index is 13.0. The van der Waals surface area contributed by atoms with Gasteiger partial charge in [-0.1, -0.05) is 23.7 Å². The van der Waals surface area contributed by atoms with Crippen LogP contribution in [0, 0.1) is 0 Å². The third-order valence-electron chi connectivity index (χ3n) is 3.68. The van der Waals surface area contributed by atoms with Crippen molar-refractivity contribution in [2.45, 2.75) is 19.1 Å². The second-order valence-corrected chi connectivity index (χ2v) is 6.31. The second-order valence-electron chi connectivity index (χ2n) is 5.87. The van der Waals surface area contributed by atoms with Gasteiger partial charge < -0.3 is 10.1 Å². The Bertz CT molecular complexity index is 805. The molecule has 132 valence electrons. The van der Waals surface area contributed by atoms with Crippen LogP contribution >= 0.6 is 11.6 Å². The van der Waals surface area contributed by atoms with Crippen LogP contribution in [0.2, 0.25) is 5.02 Å². The van der Waals surface area contributed by atoms with E-state index in [0.717, 1.165) is 17.8 Å². The molecule has 0 amide bonds. The van der Waals surface area contributed by atoms with Crippen molar-refractivity contribution in [1.29, 1.82) is 0 Å². The van der Waals surface area contributed by atoms with Gasteiger partial charge in [-0.15, -0.1) is 0 Å². The van der Waals surface area contributed by atoms with Crippen LogP contribution in [0.5, 0.6) is 0 Å². The zero-order chi connectivity index (χ0) is 18.0. The number of ether oxygens (including phenoxy) is 1. The van der Waals surface area contributed by atoms with Crippen LogP contribution in [0.1, 0.15) is 12.5 Å². The van der Waals surface area contributed by atoms with Crippen molar-refractivity contribution in [2.75, 3.05) is 18.5 Å². The summed E-state index contributed by atoms with van der Waals surface area (Å²) in [5.41, 5.74) is 0.983. The number of amidine groups is 1. The van der Waals surface area contributed by atoms with Crippen LogP contribution in [0.3, 0.4) is 0 Å². The van der Waals surface area contributed by atoms with Gasteiger partial charge >= 0.3 is 6.18 Å². The summed E-state index contributed by atoms with van der Waals surface area (Å²) in [6.07, 6.45) is -4.44. The highest BCUT2D eigenvalue weighted by atomic mass is 35.5. The molecule has 0 fully saturated rings. The van der Waals surface area contributed by atoms with Gasteiger partial charge in [0.25, 0.3) is 0 Å². The quantitative estimate of drug-likeness (QED) is 0.785. The van der Waals surface area contributed by atoms with Gasteiger partial charge in [0.05, 0.1) is 18.2 Å². The van der Waals surface area contributed by atoms with E-state index in [1.54, 1.807) is 18.2 Å². The molecule has 25 heavy (non-hydrogen) atoms.